The first-order valence-electron chi connectivity index (χ1n) is 8.33. The molecule has 0 aromatic rings. The lowest BCUT2D eigenvalue weighted by molar-refractivity contribution is 0.0508. The Morgan fingerprint density at radius 2 is 2.14 bits per heavy atom. The van der Waals surface area contributed by atoms with Crippen molar-refractivity contribution in [2.24, 2.45) is 5.92 Å². The van der Waals surface area contributed by atoms with E-state index in [0.717, 1.165) is 25.2 Å². The molecule has 1 aliphatic carbocycles. The van der Waals surface area contributed by atoms with Crippen molar-refractivity contribution in [1.29, 1.82) is 5.26 Å². The fourth-order valence-electron chi connectivity index (χ4n) is 3.45. The first-order chi connectivity index (χ1) is 10.2. The third-order valence-electron chi connectivity index (χ3n) is 4.76. The highest BCUT2D eigenvalue weighted by Crippen LogP contribution is 2.29. The van der Waals surface area contributed by atoms with Crippen LogP contribution in [-0.2, 0) is 4.74 Å². The predicted octanol–water partition coefficient (Wildman–Crippen LogP) is 3.02. The van der Waals surface area contributed by atoms with Crippen LogP contribution in [-0.4, -0.2) is 36.2 Å². The molecule has 0 bridgehead atoms. The molecule has 2 rings (SSSR count). The lowest BCUT2D eigenvalue weighted by Crippen LogP contribution is -2.36. The molecule has 0 aromatic heterocycles. The van der Waals surface area contributed by atoms with Gasteiger partial charge in [-0.2, -0.15) is 5.26 Å². The Kier molecular flexibility index (Phi) is 6.16. The van der Waals surface area contributed by atoms with E-state index in [-0.39, 0.29) is 18.2 Å². The van der Waals surface area contributed by atoms with Gasteiger partial charge in [0.1, 0.15) is 6.10 Å². The number of rotatable bonds is 5. The SMILES string of the molecule is CC[C@@H](CC1CCCCC1)OC(=O)N1CCC(NC#N)C1. The summed E-state index contributed by atoms with van der Waals surface area (Å²) in [6.45, 7) is 3.34. The van der Waals surface area contributed by atoms with Gasteiger partial charge in [0.05, 0.1) is 6.04 Å². The highest BCUT2D eigenvalue weighted by Gasteiger charge is 2.29. The molecule has 1 amide bonds. The number of carbonyl (C=O) groups is 1. The lowest BCUT2D eigenvalue weighted by atomic mass is 9.85. The van der Waals surface area contributed by atoms with Crippen molar-refractivity contribution in [1.82, 2.24) is 10.2 Å². The zero-order valence-corrected chi connectivity index (χ0v) is 13.0. The number of nitrogens with one attached hydrogen (secondary N) is 1. The molecule has 1 saturated heterocycles. The molecule has 1 saturated carbocycles. The Hall–Kier alpha value is -1.44. The lowest BCUT2D eigenvalue weighted by Gasteiger charge is -2.27. The van der Waals surface area contributed by atoms with Crippen LogP contribution < -0.4 is 5.32 Å². The predicted molar refractivity (Wildman–Crippen MR) is 80.5 cm³/mol. The number of amides is 1. The average molecular weight is 293 g/mol. The minimum Gasteiger partial charge on any atom is -0.446 e. The second-order valence-corrected chi connectivity index (χ2v) is 6.34. The standard InChI is InChI=1S/C16H27N3O2/c1-2-15(10-13-6-4-3-5-7-13)21-16(20)19-9-8-14(11-19)18-12-17/h13-15,18H,2-11H2,1H3/t14?,15-/m0/s1. The molecule has 0 aromatic carbocycles. The largest absolute Gasteiger partial charge is 0.446 e. The highest BCUT2D eigenvalue weighted by molar-refractivity contribution is 5.68. The quantitative estimate of drug-likeness (QED) is 0.625. The van der Waals surface area contributed by atoms with E-state index in [4.69, 9.17) is 10.00 Å². The minimum absolute atomic E-state index is 0.0450. The maximum absolute atomic E-state index is 12.2. The van der Waals surface area contributed by atoms with Crippen molar-refractivity contribution in [2.75, 3.05) is 13.1 Å². The van der Waals surface area contributed by atoms with Crippen LogP contribution >= 0.6 is 0 Å². The molecule has 21 heavy (non-hydrogen) atoms. The summed E-state index contributed by atoms with van der Waals surface area (Å²) in [5.41, 5.74) is 0. The molecule has 1 aliphatic heterocycles. The number of carbonyl (C=O) groups excluding carboxylic acids is 1. The normalized spacial score (nSPS) is 24.4. The van der Waals surface area contributed by atoms with E-state index in [9.17, 15) is 4.79 Å². The summed E-state index contributed by atoms with van der Waals surface area (Å²) in [6.07, 6.45) is 11.1. The number of hydrogen-bond acceptors (Lipinski definition) is 4. The van der Waals surface area contributed by atoms with Crippen LogP contribution in [0.5, 0.6) is 0 Å². The highest BCUT2D eigenvalue weighted by atomic mass is 16.6. The van der Waals surface area contributed by atoms with E-state index >= 15 is 0 Å². The maximum atomic E-state index is 12.2. The fraction of sp³-hybridized carbons (Fsp3) is 0.875. The molecule has 5 nitrogen and oxygen atoms in total. The zero-order valence-electron chi connectivity index (χ0n) is 13.0. The molecule has 0 spiro atoms. The van der Waals surface area contributed by atoms with Gasteiger partial charge in [-0.25, -0.2) is 4.79 Å². The van der Waals surface area contributed by atoms with E-state index in [2.05, 4.69) is 12.2 Å². The zero-order chi connectivity index (χ0) is 15.1. The average Bonchev–Trinajstić information content (AvgIpc) is 2.97. The maximum Gasteiger partial charge on any atom is 0.410 e. The monoisotopic (exact) mass is 293 g/mol. The Labute approximate surface area is 127 Å². The summed E-state index contributed by atoms with van der Waals surface area (Å²) in [7, 11) is 0. The molecule has 118 valence electrons. The smallest absolute Gasteiger partial charge is 0.410 e. The van der Waals surface area contributed by atoms with E-state index in [1.54, 1.807) is 4.90 Å². The van der Waals surface area contributed by atoms with Crippen molar-refractivity contribution in [3.63, 3.8) is 0 Å². The Morgan fingerprint density at radius 1 is 1.38 bits per heavy atom. The second kappa shape index (κ2) is 8.11. The summed E-state index contributed by atoms with van der Waals surface area (Å²) >= 11 is 0. The van der Waals surface area contributed by atoms with Crippen LogP contribution in [0.3, 0.4) is 0 Å². The first-order valence-corrected chi connectivity index (χ1v) is 8.33. The van der Waals surface area contributed by atoms with Gasteiger partial charge >= 0.3 is 6.09 Å². The summed E-state index contributed by atoms with van der Waals surface area (Å²) < 4.78 is 5.69. The summed E-state index contributed by atoms with van der Waals surface area (Å²) in [6, 6.07) is 0.0842. The third kappa shape index (κ3) is 4.80. The topological polar surface area (TPSA) is 65.4 Å². The fourth-order valence-corrected chi connectivity index (χ4v) is 3.45. The molecule has 2 fully saturated rings. The number of hydrogen-bond donors (Lipinski definition) is 1. The molecular weight excluding hydrogens is 266 g/mol. The van der Waals surface area contributed by atoms with E-state index in [1.807, 2.05) is 6.19 Å². The van der Waals surface area contributed by atoms with Gasteiger partial charge in [0.2, 0.25) is 0 Å². The number of nitrogens with zero attached hydrogens (tertiary/aromatic N) is 2. The van der Waals surface area contributed by atoms with E-state index in [1.165, 1.54) is 32.1 Å². The molecule has 2 aliphatic rings. The molecule has 1 unspecified atom stereocenters. The Bertz CT molecular complexity index is 374. The van der Waals surface area contributed by atoms with Crippen LogP contribution in [0.25, 0.3) is 0 Å². The van der Waals surface area contributed by atoms with Gasteiger partial charge in [0.15, 0.2) is 6.19 Å². The van der Waals surface area contributed by atoms with E-state index < -0.39 is 0 Å². The third-order valence-corrected chi connectivity index (χ3v) is 4.76. The minimum atomic E-state index is -0.208. The molecule has 0 radical (unpaired) electrons. The van der Waals surface area contributed by atoms with Gasteiger partial charge < -0.3 is 15.0 Å². The summed E-state index contributed by atoms with van der Waals surface area (Å²) in [5, 5.41) is 11.3. The van der Waals surface area contributed by atoms with Crippen molar-refractivity contribution in [3.8, 4) is 6.19 Å². The van der Waals surface area contributed by atoms with Gasteiger partial charge in [-0.15, -0.1) is 0 Å². The Morgan fingerprint density at radius 3 is 2.81 bits per heavy atom. The van der Waals surface area contributed by atoms with Gasteiger partial charge in [-0.1, -0.05) is 39.0 Å². The van der Waals surface area contributed by atoms with Gasteiger partial charge in [0, 0.05) is 13.1 Å². The van der Waals surface area contributed by atoms with Crippen LogP contribution in [0, 0.1) is 17.4 Å². The van der Waals surface area contributed by atoms with Crippen molar-refractivity contribution < 1.29 is 9.53 Å². The summed E-state index contributed by atoms with van der Waals surface area (Å²) in [4.78, 5) is 13.9. The first kappa shape index (κ1) is 15.9. The molecule has 5 heteroatoms. The van der Waals surface area contributed by atoms with Crippen molar-refractivity contribution in [3.05, 3.63) is 0 Å². The molecule has 1 heterocycles. The number of likely N-dealkylation sites (tertiary alicyclic amines) is 1. The number of nitriles is 1. The van der Waals surface area contributed by atoms with Crippen molar-refractivity contribution >= 4 is 6.09 Å². The molecule has 2 atom stereocenters. The Balaban J connectivity index is 1.75. The summed E-state index contributed by atoms with van der Waals surface area (Å²) in [5.74, 6) is 0.725. The van der Waals surface area contributed by atoms with Crippen LogP contribution in [0.15, 0.2) is 0 Å². The number of ether oxygens (including phenoxy) is 1. The second-order valence-electron chi connectivity index (χ2n) is 6.34. The van der Waals surface area contributed by atoms with Gasteiger partial charge in [-0.3, -0.25) is 0 Å². The molecule has 1 N–H and O–H groups in total. The molecular formula is C16H27N3O2. The van der Waals surface area contributed by atoms with Crippen LogP contribution in [0.2, 0.25) is 0 Å². The van der Waals surface area contributed by atoms with E-state index in [0.29, 0.717) is 13.1 Å². The van der Waals surface area contributed by atoms with Crippen molar-refractivity contribution in [2.45, 2.75) is 70.4 Å². The van der Waals surface area contributed by atoms with Gasteiger partial charge in [0.25, 0.3) is 0 Å². The van der Waals surface area contributed by atoms with Crippen LogP contribution in [0.1, 0.15) is 58.3 Å². The van der Waals surface area contributed by atoms with Gasteiger partial charge in [-0.05, 0) is 25.2 Å². The van der Waals surface area contributed by atoms with Crippen LogP contribution in [0.4, 0.5) is 4.79 Å².